The molecule has 164 valence electrons. The van der Waals surface area contributed by atoms with Crippen molar-refractivity contribution in [1.82, 2.24) is 10.2 Å². The van der Waals surface area contributed by atoms with Crippen molar-refractivity contribution in [2.75, 3.05) is 13.1 Å². The Hall–Kier alpha value is -2.57. The van der Waals surface area contributed by atoms with Crippen LogP contribution in [0.15, 0.2) is 18.2 Å². The second-order valence-corrected chi connectivity index (χ2v) is 9.35. The van der Waals surface area contributed by atoms with Crippen molar-refractivity contribution < 1.29 is 24.2 Å². The number of carboxylic acids is 1. The molecular weight excluding hydrogens is 384 g/mol. The van der Waals surface area contributed by atoms with Crippen LogP contribution in [0.4, 0.5) is 4.79 Å². The number of hydrogen-bond donors (Lipinski definition) is 2. The molecule has 1 aromatic carbocycles. The highest BCUT2D eigenvalue weighted by molar-refractivity contribution is 5.98. The lowest BCUT2D eigenvalue weighted by molar-refractivity contribution is 0.0204. The molecule has 2 amide bonds. The van der Waals surface area contributed by atoms with Gasteiger partial charge in [-0.3, -0.25) is 4.79 Å². The number of nitrogens with one attached hydrogen (secondary N) is 1. The normalized spacial score (nSPS) is 18.3. The van der Waals surface area contributed by atoms with Gasteiger partial charge >= 0.3 is 12.1 Å². The van der Waals surface area contributed by atoms with Crippen LogP contribution in [-0.2, 0) is 4.74 Å². The molecule has 0 bridgehead atoms. The number of hydrogen-bond acceptors (Lipinski definition) is 4. The summed E-state index contributed by atoms with van der Waals surface area (Å²) in [7, 11) is 0. The topological polar surface area (TPSA) is 95.9 Å². The van der Waals surface area contributed by atoms with E-state index >= 15 is 0 Å². The standard InChI is InChI=1S/C23H32N2O5/c1-23(2,3)30-22(29)25-10-8-15(9-11-25)16-12-17(14-18(13-16)21(27)28)20(26)24-19-6-4-5-7-19/h12-15,19H,4-11H2,1-3H3,(H,24,26)(H,27,28). The maximum Gasteiger partial charge on any atom is 0.410 e. The van der Waals surface area contributed by atoms with Crippen LogP contribution in [0.3, 0.4) is 0 Å². The Morgan fingerprint density at radius 1 is 1.00 bits per heavy atom. The van der Waals surface area contributed by atoms with Crippen LogP contribution in [0.25, 0.3) is 0 Å². The molecule has 30 heavy (non-hydrogen) atoms. The number of likely N-dealkylation sites (tertiary alicyclic amines) is 1. The predicted molar refractivity (Wildman–Crippen MR) is 113 cm³/mol. The summed E-state index contributed by atoms with van der Waals surface area (Å²) < 4.78 is 5.44. The third-order valence-corrected chi connectivity index (χ3v) is 5.77. The van der Waals surface area contributed by atoms with E-state index in [0.717, 1.165) is 31.2 Å². The van der Waals surface area contributed by atoms with Gasteiger partial charge in [-0.2, -0.15) is 0 Å². The van der Waals surface area contributed by atoms with Crippen LogP contribution < -0.4 is 5.32 Å². The third-order valence-electron chi connectivity index (χ3n) is 5.77. The van der Waals surface area contributed by atoms with Crippen molar-refractivity contribution in [2.24, 2.45) is 0 Å². The first-order chi connectivity index (χ1) is 14.1. The van der Waals surface area contributed by atoms with Crippen LogP contribution in [0.1, 0.15) is 91.5 Å². The fourth-order valence-corrected chi connectivity index (χ4v) is 4.20. The molecule has 2 fully saturated rings. The first kappa shape index (κ1) is 22.1. The molecule has 1 heterocycles. The summed E-state index contributed by atoms with van der Waals surface area (Å²) in [6, 6.07) is 5.09. The highest BCUT2D eigenvalue weighted by atomic mass is 16.6. The summed E-state index contributed by atoms with van der Waals surface area (Å²) in [4.78, 5) is 38.3. The minimum atomic E-state index is -1.04. The zero-order chi connectivity index (χ0) is 21.9. The summed E-state index contributed by atoms with van der Waals surface area (Å²) in [5.74, 6) is -1.16. The molecule has 7 heteroatoms. The van der Waals surface area contributed by atoms with Gasteiger partial charge < -0.3 is 20.1 Å². The molecule has 0 atom stereocenters. The second kappa shape index (κ2) is 9.06. The molecule has 1 aromatic rings. The van der Waals surface area contributed by atoms with Crippen LogP contribution >= 0.6 is 0 Å². The first-order valence-electron chi connectivity index (χ1n) is 10.8. The van der Waals surface area contributed by atoms with Gasteiger partial charge in [0, 0.05) is 24.7 Å². The summed E-state index contributed by atoms with van der Waals surface area (Å²) in [5, 5.41) is 12.6. The Bertz CT molecular complexity index is 800. The third kappa shape index (κ3) is 5.74. The van der Waals surface area contributed by atoms with E-state index in [1.165, 1.54) is 6.07 Å². The van der Waals surface area contributed by atoms with E-state index < -0.39 is 11.6 Å². The smallest absolute Gasteiger partial charge is 0.410 e. The number of piperidine rings is 1. The van der Waals surface area contributed by atoms with Crippen molar-refractivity contribution in [1.29, 1.82) is 0 Å². The molecule has 2 N–H and O–H groups in total. The van der Waals surface area contributed by atoms with Crippen LogP contribution in [0.2, 0.25) is 0 Å². The molecule has 0 spiro atoms. The average molecular weight is 417 g/mol. The molecule has 1 saturated heterocycles. The van der Waals surface area contributed by atoms with Gasteiger partial charge in [0.25, 0.3) is 5.91 Å². The molecule has 0 radical (unpaired) electrons. The molecule has 0 aromatic heterocycles. The quantitative estimate of drug-likeness (QED) is 0.768. The van der Waals surface area contributed by atoms with Crippen molar-refractivity contribution in [3.05, 3.63) is 34.9 Å². The zero-order valence-electron chi connectivity index (χ0n) is 18.1. The Morgan fingerprint density at radius 3 is 2.17 bits per heavy atom. The Morgan fingerprint density at radius 2 is 1.60 bits per heavy atom. The molecule has 1 aliphatic heterocycles. The van der Waals surface area contributed by atoms with Gasteiger partial charge in [-0.1, -0.05) is 12.8 Å². The summed E-state index contributed by atoms with van der Waals surface area (Å²) in [6.45, 7) is 6.61. The lowest BCUT2D eigenvalue weighted by Crippen LogP contribution is -2.41. The van der Waals surface area contributed by atoms with E-state index in [1.807, 2.05) is 26.8 Å². The summed E-state index contributed by atoms with van der Waals surface area (Å²) in [5.41, 5.74) is 0.825. The zero-order valence-corrected chi connectivity index (χ0v) is 18.1. The van der Waals surface area contributed by atoms with Crippen molar-refractivity contribution in [2.45, 2.75) is 76.9 Å². The van der Waals surface area contributed by atoms with Crippen molar-refractivity contribution >= 4 is 18.0 Å². The number of carbonyl (C=O) groups excluding carboxylic acids is 2. The Kier molecular flexibility index (Phi) is 6.68. The molecule has 1 aliphatic carbocycles. The number of carbonyl (C=O) groups is 3. The SMILES string of the molecule is CC(C)(C)OC(=O)N1CCC(c2cc(C(=O)O)cc(C(=O)NC3CCCC3)c2)CC1. The number of aromatic carboxylic acids is 1. The first-order valence-corrected chi connectivity index (χ1v) is 10.8. The van der Waals surface area contributed by atoms with E-state index in [2.05, 4.69) is 5.32 Å². The van der Waals surface area contributed by atoms with Crippen molar-refractivity contribution in [3.8, 4) is 0 Å². The predicted octanol–water partition coefficient (Wildman–Crippen LogP) is 4.17. The van der Waals surface area contributed by atoms with Crippen LogP contribution in [-0.4, -0.2) is 52.7 Å². The van der Waals surface area contributed by atoms with Crippen molar-refractivity contribution in [3.63, 3.8) is 0 Å². The van der Waals surface area contributed by atoms with Gasteiger partial charge in [0.05, 0.1) is 5.56 Å². The van der Waals surface area contributed by atoms with E-state index in [0.29, 0.717) is 31.5 Å². The van der Waals surface area contributed by atoms with Gasteiger partial charge in [0.1, 0.15) is 5.60 Å². The Balaban J connectivity index is 1.71. The number of amides is 2. The van der Waals surface area contributed by atoms with Gasteiger partial charge in [-0.15, -0.1) is 0 Å². The summed E-state index contributed by atoms with van der Waals surface area (Å²) >= 11 is 0. The minimum absolute atomic E-state index is 0.0982. The van der Waals surface area contributed by atoms with Gasteiger partial charge in [0.15, 0.2) is 0 Å². The molecule has 2 aliphatic rings. The van der Waals surface area contributed by atoms with Gasteiger partial charge in [0.2, 0.25) is 0 Å². The number of ether oxygens (including phenoxy) is 1. The van der Waals surface area contributed by atoms with E-state index in [-0.39, 0.29) is 29.5 Å². The lowest BCUT2D eigenvalue weighted by Gasteiger charge is -2.33. The minimum Gasteiger partial charge on any atom is -0.478 e. The fourth-order valence-electron chi connectivity index (χ4n) is 4.20. The number of carboxylic acid groups (broad SMARTS) is 1. The van der Waals surface area contributed by atoms with Crippen LogP contribution in [0, 0.1) is 0 Å². The van der Waals surface area contributed by atoms with Gasteiger partial charge in [-0.05, 0) is 76.1 Å². The van der Waals surface area contributed by atoms with E-state index in [4.69, 9.17) is 4.74 Å². The molecule has 1 saturated carbocycles. The highest BCUT2D eigenvalue weighted by Crippen LogP contribution is 2.30. The largest absolute Gasteiger partial charge is 0.478 e. The number of rotatable bonds is 4. The van der Waals surface area contributed by atoms with Crippen LogP contribution in [0.5, 0.6) is 0 Å². The molecular formula is C23H32N2O5. The molecule has 7 nitrogen and oxygen atoms in total. The lowest BCUT2D eigenvalue weighted by atomic mass is 9.87. The maximum absolute atomic E-state index is 12.7. The maximum atomic E-state index is 12.7. The second-order valence-electron chi connectivity index (χ2n) is 9.35. The average Bonchev–Trinajstić information content (AvgIpc) is 3.19. The fraction of sp³-hybridized carbons (Fsp3) is 0.609. The highest BCUT2D eigenvalue weighted by Gasteiger charge is 2.28. The number of nitrogens with zero attached hydrogens (tertiary/aromatic N) is 1. The monoisotopic (exact) mass is 416 g/mol. The van der Waals surface area contributed by atoms with Gasteiger partial charge in [-0.25, -0.2) is 9.59 Å². The van der Waals surface area contributed by atoms with E-state index in [1.54, 1.807) is 11.0 Å². The molecule has 3 rings (SSSR count). The Labute approximate surface area is 177 Å². The van der Waals surface area contributed by atoms with E-state index in [9.17, 15) is 19.5 Å². The summed E-state index contributed by atoms with van der Waals surface area (Å²) in [6.07, 6.45) is 5.25. The number of benzene rings is 1. The molecule has 0 unspecified atom stereocenters.